The van der Waals surface area contributed by atoms with Gasteiger partial charge < -0.3 is 14.3 Å². The van der Waals surface area contributed by atoms with Crippen molar-refractivity contribution in [3.63, 3.8) is 0 Å². The molecule has 0 radical (unpaired) electrons. The molecule has 0 aliphatic heterocycles. The second kappa shape index (κ2) is 6.73. The average molecular weight is 311 g/mol. The number of fused-ring (bicyclic) bond motifs is 1. The highest BCUT2D eigenvalue weighted by Gasteiger charge is 2.29. The van der Waals surface area contributed by atoms with Crippen molar-refractivity contribution in [3.8, 4) is 11.5 Å². The van der Waals surface area contributed by atoms with Crippen LogP contribution in [0.4, 0.5) is 0 Å². The zero-order valence-corrected chi connectivity index (χ0v) is 13.7. The number of hydrogen-bond acceptors (Lipinski definition) is 4. The summed E-state index contributed by atoms with van der Waals surface area (Å²) in [4.78, 5) is 5.05. The third kappa shape index (κ3) is 3.02. The molecule has 1 aliphatic carbocycles. The minimum absolute atomic E-state index is 0.240. The molecular formula is C19H21NO3. The van der Waals surface area contributed by atoms with Crippen LogP contribution in [-0.4, -0.2) is 27.0 Å². The Hall–Kier alpha value is -2.49. The van der Waals surface area contributed by atoms with E-state index in [0.717, 1.165) is 30.1 Å². The molecule has 0 heterocycles. The van der Waals surface area contributed by atoms with Crippen molar-refractivity contribution in [3.05, 3.63) is 59.2 Å². The lowest BCUT2D eigenvalue weighted by Gasteiger charge is -2.15. The van der Waals surface area contributed by atoms with Crippen molar-refractivity contribution >= 4 is 5.71 Å². The van der Waals surface area contributed by atoms with Crippen LogP contribution in [0.25, 0.3) is 0 Å². The lowest BCUT2D eigenvalue weighted by molar-refractivity contribution is 0.211. The van der Waals surface area contributed by atoms with Gasteiger partial charge in [-0.25, -0.2) is 0 Å². The first kappa shape index (κ1) is 15.4. The molecule has 0 spiro atoms. The molecule has 2 aromatic rings. The molecule has 2 aromatic carbocycles. The molecule has 0 aromatic heterocycles. The lowest BCUT2D eigenvalue weighted by Crippen LogP contribution is -2.10. The van der Waals surface area contributed by atoms with Crippen LogP contribution in [0.5, 0.6) is 11.5 Å². The fraction of sp³-hybridized carbons (Fsp3) is 0.316. The summed E-state index contributed by atoms with van der Waals surface area (Å²) in [6.07, 6.45) is 1.71. The van der Waals surface area contributed by atoms with Crippen LogP contribution < -0.4 is 9.47 Å². The molecule has 3 rings (SSSR count). The van der Waals surface area contributed by atoms with E-state index in [2.05, 4.69) is 35.5 Å². The molecular weight excluding hydrogens is 290 g/mol. The van der Waals surface area contributed by atoms with Gasteiger partial charge in [0.05, 0.1) is 19.9 Å². The minimum Gasteiger partial charge on any atom is -0.493 e. The lowest BCUT2D eigenvalue weighted by atomic mass is 9.92. The Kier molecular flexibility index (Phi) is 4.51. The number of ether oxygens (including phenoxy) is 2. The Balaban J connectivity index is 1.92. The first-order valence-corrected chi connectivity index (χ1v) is 7.65. The standard InChI is InChI=1S/C19H21NO3/c1-21-18-9-8-13(11-19(18)22-2)10-16-15-7-5-4-6-14(15)12-17(16)20-23-3/h4-9,11,16H,10,12H2,1-3H3/b20-17+. The van der Waals surface area contributed by atoms with Gasteiger partial charge in [0.1, 0.15) is 7.11 Å². The van der Waals surface area contributed by atoms with Crippen molar-refractivity contribution in [1.29, 1.82) is 0 Å². The average Bonchev–Trinajstić information content (AvgIpc) is 2.93. The molecule has 23 heavy (non-hydrogen) atoms. The summed E-state index contributed by atoms with van der Waals surface area (Å²) < 4.78 is 10.7. The zero-order chi connectivity index (χ0) is 16.2. The molecule has 0 bridgehead atoms. The van der Waals surface area contributed by atoms with Crippen molar-refractivity contribution < 1.29 is 14.3 Å². The molecule has 1 aliphatic rings. The van der Waals surface area contributed by atoms with Crippen LogP contribution >= 0.6 is 0 Å². The number of nitrogens with zero attached hydrogens (tertiary/aromatic N) is 1. The highest BCUT2D eigenvalue weighted by Crippen LogP contribution is 2.36. The summed E-state index contributed by atoms with van der Waals surface area (Å²) >= 11 is 0. The third-order valence-corrected chi connectivity index (χ3v) is 4.30. The second-order valence-corrected chi connectivity index (χ2v) is 5.59. The highest BCUT2D eigenvalue weighted by molar-refractivity contribution is 5.96. The van der Waals surface area contributed by atoms with E-state index >= 15 is 0 Å². The van der Waals surface area contributed by atoms with Crippen LogP contribution in [0.15, 0.2) is 47.6 Å². The van der Waals surface area contributed by atoms with Gasteiger partial charge in [-0.05, 0) is 35.2 Å². The fourth-order valence-corrected chi connectivity index (χ4v) is 3.22. The quantitative estimate of drug-likeness (QED) is 0.792. The molecule has 1 unspecified atom stereocenters. The molecule has 4 heteroatoms. The van der Waals surface area contributed by atoms with Crippen molar-refractivity contribution in [2.24, 2.45) is 5.16 Å². The van der Waals surface area contributed by atoms with Crippen molar-refractivity contribution in [2.45, 2.75) is 18.8 Å². The summed E-state index contributed by atoms with van der Waals surface area (Å²) in [6.45, 7) is 0. The van der Waals surface area contributed by atoms with Gasteiger partial charge in [0.15, 0.2) is 11.5 Å². The molecule has 0 amide bonds. The summed E-state index contributed by atoms with van der Waals surface area (Å²) in [7, 11) is 4.90. The van der Waals surface area contributed by atoms with Gasteiger partial charge in [-0.2, -0.15) is 0 Å². The van der Waals surface area contributed by atoms with Gasteiger partial charge in [-0.15, -0.1) is 0 Å². The van der Waals surface area contributed by atoms with Gasteiger partial charge in [0, 0.05) is 12.3 Å². The molecule has 0 saturated carbocycles. The van der Waals surface area contributed by atoms with E-state index in [1.165, 1.54) is 16.7 Å². The van der Waals surface area contributed by atoms with Gasteiger partial charge in [0.25, 0.3) is 0 Å². The van der Waals surface area contributed by atoms with E-state index in [9.17, 15) is 0 Å². The maximum atomic E-state index is 5.41. The maximum absolute atomic E-state index is 5.41. The summed E-state index contributed by atoms with van der Waals surface area (Å²) in [5, 5.41) is 4.25. The van der Waals surface area contributed by atoms with Crippen LogP contribution in [0.2, 0.25) is 0 Å². The van der Waals surface area contributed by atoms with E-state index in [0.29, 0.717) is 0 Å². The number of rotatable bonds is 5. The predicted molar refractivity (Wildman–Crippen MR) is 90.6 cm³/mol. The Morgan fingerprint density at radius 3 is 2.52 bits per heavy atom. The van der Waals surface area contributed by atoms with Crippen LogP contribution in [-0.2, 0) is 17.7 Å². The van der Waals surface area contributed by atoms with Gasteiger partial charge in [-0.1, -0.05) is 35.5 Å². The summed E-state index contributed by atoms with van der Waals surface area (Å²) in [6, 6.07) is 14.5. The zero-order valence-electron chi connectivity index (χ0n) is 13.7. The first-order chi connectivity index (χ1) is 11.3. The Morgan fingerprint density at radius 1 is 1.00 bits per heavy atom. The van der Waals surface area contributed by atoms with Crippen LogP contribution in [0, 0.1) is 0 Å². The summed E-state index contributed by atoms with van der Waals surface area (Å²) in [5.74, 6) is 1.74. The van der Waals surface area contributed by atoms with E-state index in [4.69, 9.17) is 14.3 Å². The van der Waals surface area contributed by atoms with Crippen molar-refractivity contribution in [1.82, 2.24) is 0 Å². The number of benzene rings is 2. The Morgan fingerprint density at radius 2 is 1.78 bits per heavy atom. The number of methoxy groups -OCH3 is 2. The second-order valence-electron chi connectivity index (χ2n) is 5.59. The molecule has 0 N–H and O–H groups in total. The smallest absolute Gasteiger partial charge is 0.160 e. The highest BCUT2D eigenvalue weighted by atomic mass is 16.6. The third-order valence-electron chi connectivity index (χ3n) is 4.30. The van der Waals surface area contributed by atoms with Gasteiger partial charge in [-0.3, -0.25) is 0 Å². The minimum atomic E-state index is 0.240. The molecule has 0 fully saturated rings. The first-order valence-electron chi connectivity index (χ1n) is 7.65. The van der Waals surface area contributed by atoms with E-state index < -0.39 is 0 Å². The fourth-order valence-electron chi connectivity index (χ4n) is 3.22. The topological polar surface area (TPSA) is 40.0 Å². The maximum Gasteiger partial charge on any atom is 0.160 e. The van der Waals surface area contributed by atoms with E-state index in [-0.39, 0.29) is 5.92 Å². The van der Waals surface area contributed by atoms with Crippen LogP contribution in [0.1, 0.15) is 22.6 Å². The molecule has 4 nitrogen and oxygen atoms in total. The molecule has 0 saturated heterocycles. The van der Waals surface area contributed by atoms with E-state index in [1.54, 1.807) is 21.3 Å². The van der Waals surface area contributed by atoms with Crippen LogP contribution in [0.3, 0.4) is 0 Å². The number of oxime groups is 1. The van der Waals surface area contributed by atoms with Crippen molar-refractivity contribution in [2.75, 3.05) is 21.3 Å². The Bertz CT molecular complexity index is 724. The largest absolute Gasteiger partial charge is 0.493 e. The van der Waals surface area contributed by atoms with E-state index in [1.807, 2.05) is 12.1 Å². The number of hydrogen-bond donors (Lipinski definition) is 0. The molecule has 120 valence electrons. The molecule has 1 atom stereocenters. The predicted octanol–water partition coefficient (Wildman–Crippen LogP) is 3.59. The Labute approximate surface area is 136 Å². The SMILES string of the molecule is CO/N=C1\Cc2ccccc2C1Cc1ccc(OC)c(OC)c1. The normalized spacial score (nSPS) is 17.9. The van der Waals surface area contributed by atoms with Gasteiger partial charge in [0.2, 0.25) is 0 Å². The van der Waals surface area contributed by atoms with Gasteiger partial charge >= 0.3 is 0 Å². The monoisotopic (exact) mass is 311 g/mol. The summed E-state index contributed by atoms with van der Waals surface area (Å²) in [5.41, 5.74) is 4.92.